The number of H-pyrrole nitrogens is 1. The SMILES string of the molecule is O=C(NCCO)C1CC(c2c(-c3ccc(F)cc3)[nH]c3c(F)cc(F)cc23)C1. The fourth-order valence-electron chi connectivity index (χ4n) is 3.90. The van der Waals surface area contributed by atoms with Gasteiger partial charge in [0, 0.05) is 23.9 Å². The minimum absolute atomic E-state index is 0.0557. The van der Waals surface area contributed by atoms with Crippen molar-refractivity contribution >= 4 is 16.8 Å². The Balaban J connectivity index is 1.73. The molecule has 0 aliphatic heterocycles. The Hall–Kier alpha value is -2.80. The lowest BCUT2D eigenvalue weighted by Crippen LogP contribution is -2.39. The molecule has 2 aromatic carbocycles. The molecule has 3 N–H and O–H groups in total. The Morgan fingerprint density at radius 2 is 1.82 bits per heavy atom. The van der Waals surface area contributed by atoms with Gasteiger partial charge in [-0.1, -0.05) is 0 Å². The molecule has 3 aromatic rings. The summed E-state index contributed by atoms with van der Waals surface area (Å²) < 4.78 is 41.5. The molecular weight excluding hydrogens is 369 g/mol. The van der Waals surface area contributed by atoms with Crippen molar-refractivity contribution < 1.29 is 23.1 Å². The molecule has 1 aromatic heterocycles. The summed E-state index contributed by atoms with van der Waals surface area (Å²) in [5.74, 6) is -2.15. The molecule has 0 saturated heterocycles. The van der Waals surface area contributed by atoms with Crippen LogP contribution in [0.15, 0.2) is 36.4 Å². The van der Waals surface area contributed by atoms with Gasteiger partial charge in [0.1, 0.15) is 17.5 Å². The van der Waals surface area contributed by atoms with Crippen LogP contribution in [0.25, 0.3) is 22.2 Å². The Morgan fingerprint density at radius 3 is 2.50 bits per heavy atom. The van der Waals surface area contributed by atoms with Crippen LogP contribution in [-0.2, 0) is 4.79 Å². The minimum atomic E-state index is -0.693. The van der Waals surface area contributed by atoms with E-state index in [9.17, 15) is 18.0 Å². The summed E-state index contributed by atoms with van der Waals surface area (Å²) in [6.07, 6.45) is 1.08. The molecule has 4 rings (SSSR count). The van der Waals surface area contributed by atoms with Gasteiger partial charge in [-0.05, 0) is 60.2 Å². The number of hydrogen-bond acceptors (Lipinski definition) is 2. The zero-order chi connectivity index (χ0) is 19.8. The highest BCUT2D eigenvalue weighted by Crippen LogP contribution is 2.48. The number of fused-ring (bicyclic) bond motifs is 1. The maximum atomic E-state index is 14.3. The third kappa shape index (κ3) is 3.26. The number of aromatic nitrogens is 1. The molecule has 0 atom stereocenters. The van der Waals surface area contributed by atoms with Crippen molar-refractivity contribution in [1.82, 2.24) is 10.3 Å². The monoisotopic (exact) mass is 388 g/mol. The highest BCUT2D eigenvalue weighted by molar-refractivity contribution is 5.92. The fourth-order valence-corrected chi connectivity index (χ4v) is 3.90. The fraction of sp³-hybridized carbons (Fsp3) is 0.286. The first-order valence-corrected chi connectivity index (χ1v) is 9.13. The molecule has 0 unspecified atom stereocenters. The molecular formula is C21H19F3N2O2. The van der Waals surface area contributed by atoms with Gasteiger partial charge >= 0.3 is 0 Å². The second-order valence-corrected chi connectivity index (χ2v) is 7.11. The largest absolute Gasteiger partial charge is 0.395 e. The van der Waals surface area contributed by atoms with E-state index in [2.05, 4.69) is 10.3 Å². The van der Waals surface area contributed by atoms with Gasteiger partial charge in [-0.2, -0.15) is 0 Å². The normalized spacial score (nSPS) is 18.9. The summed E-state index contributed by atoms with van der Waals surface area (Å²) in [5.41, 5.74) is 2.22. The lowest BCUT2D eigenvalue weighted by atomic mass is 9.70. The number of amides is 1. The number of carbonyl (C=O) groups is 1. The van der Waals surface area contributed by atoms with Gasteiger partial charge in [0.05, 0.1) is 17.8 Å². The van der Waals surface area contributed by atoms with Crippen LogP contribution in [0, 0.1) is 23.4 Å². The molecule has 0 radical (unpaired) electrons. The highest BCUT2D eigenvalue weighted by atomic mass is 19.1. The van der Waals surface area contributed by atoms with Gasteiger partial charge in [0.15, 0.2) is 0 Å². The zero-order valence-corrected chi connectivity index (χ0v) is 14.9. The molecule has 1 aliphatic carbocycles. The molecule has 0 spiro atoms. The van der Waals surface area contributed by atoms with E-state index >= 15 is 0 Å². The maximum absolute atomic E-state index is 14.3. The summed E-state index contributed by atoms with van der Waals surface area (Å²) in [6.45, 7) is 0.0714. The standard InChI is InChI=1S/C21H19F3N2O2/c22-14-3-1-11(2-4-14)19-18(12-7-13(8-12)21(28)25-5-6-27)16-9-15(23)10-17(24)20(16)26-19/h1-4,9-10,12-13,26-27H,5-8H2,(H,25,28). The first kappa shape index (κ1) is 18.6. The summed E-state index contributed by atoms with van der Waals surface area (Å²) in [6, 6.07) is 7.91. The summed E-state index contributed by atoms with van der Waals surface area (Å²) in [7, 11) is 0. The number of benzene rings is 2. The van der Waals surface area contributed by atoms with Gasteiger partial charge in [-0.25, -0.2) is 13.2 Å². The average molecular weight is 388 g/mol. The molecule has 1 aliphatic rings. The molecule has 1 amide bonds. The zero-order valence-electron chi connectivity index (χ0n) is 14.9. The van der Waals surface area contributed by atoms with Crippen molar-refractivity contribution in [2.45, 2.75) is 18.8 Å². The second-order valence-electron chi connectivity index (χ2n) is 7.11. The van der Waals surface area contributed by atoms with E-state index in [0.717, 1.165) is 11.6 Å². The van der Waals surface area contributed by atoms with Crippen LogP contribution < -0.4 is 5.32 Å². The third-order valence-corrected chi connectivity index (χ3v) is 5.33. The highest BCUT2D eigenvalue weighted by Gasteiger charge is 2.38. The van der Waals surface area contributed by atoms with Gasteiger partial charge in [-0.15, -0.1) is 0 Å². The lowest BCUT2D eigenvalue weighted by Gasteiger charge is -2.35. The van der Waals surface area contributed by atoms with Gasteiger partial charge in [0.25, 0.3) is 0 Å². The first-order valence-electron chi connectivity index (χ1n) is 9.13. The quantitative estimate of drug-likeness (QED) is 0.622. The smallest absolute Gasteiger partial charge is 0.223 e. The molecule has 1 saturated carbocycles. The van der Waals surface area contributed by atoms with E-state index in [1.807, 2.05) is 0 Å². The van der Waals surface area contributed by atoms with Crippen LogP contribution in [0.3, 0.4) is 0 Å². The number of rotatable bonds is 5. The van der Waals surface area contributed by atoms with Crippen molar-refractivity contribution in [3.63, 3.8) is 0 Å². The summed E-state index contributed by atoms with van der Waals surface area (Å²) in [5, 5.41) is 11.9. The predicted molar refractivity (Wildman–Crippen MR) is 99.2 cm³/mol. The molecule has 1 heterocycles. The van der Waals surface area contributed by atoms with Crippen LogP contribution in [0.2, 0.25) is 0 Å². The number of carbonyl (C=O) groups excluding carboxylic acids is 1. The molecule has 4 nitrogen and oxygen atoms in total. The van der Waals surface area contributed by atoms with Crippen LogP contribution in [0.1, 0.15) is 24.3 Å². The van der Waals surface area contributed by atoms with Crippen molar-refractivity contribution in [3.05, 3.63) is 59.4 Å². The van der Waals surface area contributed by atoms with E-state index in [1.54, 1.807) is 12.1 Å². The topological polar surface area (TPSA) is 65.1 Å². The Labute approximate surface area is 159 Å². The summed E-state index contributed by atoms with van der Waals surface area (Å²) >= 11 is 0. The molecule has 146 valence electrons. The maximum Gasteiger partial charge on any atom is 0.223 e. The van der Waals surface area contributed by atoms with Gasteiger partial charge in [0.2, 0.25) is 5.91 Å². The number of aliphatic hydroxyl groups is 1. The first-order chi connectivity index (χ1) is 13.5. The third-order valence-electron chi connectivity index (χ3n) is 5.33. The number of aliphatic hydroxyl groups excluding tert-OH is 1. The predicted octanol–water partition coefficient (Wildman–Crippen LogP) is 3.85. The number of halogens is 3. The number of aromatic amines is 1. The Kier molecular flexibility index (Phi) is 4.85. The van der Waals surface area contributed by atoms with E-state index in [4.69, 9.17) is 5.11 Å². The summed E-state index contributed by atoms with van der Waals surface area (Å²) in [4.78, 5) is 15.1. The Bertz CT molecular complexity index is 1020. The van der Waals surface area contributed by atoms with Crippen LogP contribution in [0.4, 0.5) is 13.2 Å². The number of nitrogens with one attached hydrogen (secondary N) is 2. The molecule has 28 heavy (non-hydrogen) atoms. The van der Waals surface area contributed by atoms with E-state index < -0.39 is 11.6 Å². The van der Waals surface area contributed by atoms with Crippen LogP contribution in [0.5, 0.6) is 0 Å². The molecule has 7 heteroatoms. The van der Waals surface area contributed by atoms with E-state index in [0.29, 0.717) is 29.5 Å². The van der Waals surface area contributed by atoms with E-state index in [-0.39, 0.29) is 42.2 Å². The Morgan fingerprint density at radius 1 is 1.11 bits per heavy atom. The molecule has 1 fully saturated rings. The van der Waals surface area contributed by atoms with Gasteiger partial charge in [-0.3, -0.25) is 4.79 Å². The lowest BCUT2D eigenvalue weighted by molar-refractivity contribution is -0.128. The van der Waals surface area contributed by atoms with Gasteiger partial charge < -0.3 is 15.4 Å². The average Bonchev–Trinajstić information content (AvgIpc) is 2.99. The van der Waals surface area contributed by atoms with Crippen LogP contribution in [-0.4, -0.2) is 29.1 Å². The van der Waals surface area contributed by atoms with Crippen LogP contribution >= 0.6 is 0 Å². The second kappa shape index (κ2) is 7.31. The molecule has 0 bridgehead atoms. The number of hydrogen-bond donors (Lipinski definition) is 3. The van der Waals surface area contributed by atoms with Crippen molar-refractivity contribution in [2.24, 2.45) is 5.92 Å². The minimum Gasteiger partial charge on any atom is -0.395 e. The van der Waals surface area contributed by atoms with E-state index in [1.165, 1.54) is 18.2 Å². The van der Waals surface area contributed by atoms with Crippen molar-refractivity contribution in [1.29, 1.82) is 0 Å². The van der Waals surface area contributed by atoms with Crippen molar-refractivity contribution in [3.8, 4) is 11.3 Å². The van der Waals surface area contributed by atoms with Crippen molar-refractivity contribution in [2.75, 3.05) is 13.2 Å².